The van der Waals surface area contributed by atoms with Gasteiger partial charge in [0.2, 0.25) is 11.1 Å². The quantitative estimate of drug-likeness (QED) is 0.638. The number of carbonyl (C=O) groups is 2. The van der Waals surface area contributed by atoms with Crippen LogP contribution in [0.5, 0.6) is 0 Å². The highest BCUT2D eigenvalue weighted by Crippen LogP contribution is 2.19. The molecule has 0 aliphatic heterocycles. The highest BCUT2D eigenvalue weighted by atomic mass is 16.2. The van der Waals surface area contributed by atoms with Crippen LogP contribution >= 0.6 is 0 Å². The van der Waals surface area contributed by atoms with Gasteiger partial charge in [0.25, 0.3) is 11.8 Å². The van der Waals surface area contributed by atoms with E-state index in [9.17, 15) is 19.2 Å². The minimum Gasteiger partial charge on any atom is -0.347 e. The van der Waals surface area contributed by atoms with E-state index in [1.54, 1.807) is 0 Å². The molecule has 2 heterocycles. The summed E-state index contributed by atoms with van der Waals surface area (Å²) in [4.78, 5) is 52.4. The van der Waals surface area contributed by atoms with Crippen molar-refractivity contribution in [1.82, 2.24) is 20.6 Å². The van der Waals surface area contributed by atoms with Crippen LogP contribution in [0, 0.1) is 0 Å². The van der Waals surface area contributed by atoms with E-state index >= 15 is 0 Å². The Morgan fingerprint density at radius 3 is 1.62 bits per heavy atom. The van der Waals surface area contributed by atoms with E-state index in [4.69, 9.17) is 0 Å². The summed E-state index contributed by atoms with van der Waals surface area (Å²) >= 11 is 0. The SMILES string of the molecule is O=C(N[C@H]1CCCC[C@@H]1NC(=O)c1cc[nH]c(=O)c1)c1cc[nH]c(=O)c1. The number of H-pyrrole nitrogens is 2. The van der Waals surface area contributed by atoms with Gasteiger partial charge in [-0.1, -0.05) is 12.8 Å². The van der Waals surface area contributed by atoms with Crippen LogP contribution in [0.1, 0.15) is 46.4 Å². The molecule has 2 aromatic heterocycles. The van der Waals surface area contributed by atoms with Crippen molar-refractivity contribution in [2.24, 2.45) is 0 Å². The number of aromatic nitrogens is 2. The lowest BCUT2D eigenvalue weighted by Gasteiger charge is -2.32. The van der Waals surface area contributed by atoms with E-state index in [2.05, 4.69) is 20.6 Å². The van der Waals surface area contributed by atoms with E-state index in [1.165, 1.54) is 36.7 Å². The fourth-order valence-electron chi connectivity index (χ4n) is 3.15. The number of hydrogen-bond acceptors (Lipinski definition) is 4. The monoisotopic (exact) mass is 356 g/mol. The van der Waals surface area contributed by atoms with Gasteiger partial charge in [-0.25, -0.2) is 0 Å². The number of nitrogens with one attached hydrogen (secondary N) is 4. The lowest BCUT2D eigenvalue weighted by Crippen LogP contribution is -2.53. The second kappa shape index (κ2) is 7.81. The molecule has 0 spiro atoms. The Labute approximate surface area is 149 Å². The van der Waals surface area contributed by atoms with Crippen LogP contribution in [-0.4, -0.2) is 33.9 Å². The predicted octanol–water partition coefficient (Wildman–Crippen LogP) is 0.534. The third kappa shape index (κ3) is 4.27. The zero-order chi connectivity index (χ0) is 18.5. The highest BCUT2D eigenvalue weighted by Gasteiger charge is 2.28. The molecule has 1 aliphatic carbocycles. The van der Waals surface area contributed by atoms with Crippen molar-refractivity contribution in [1.29, 1.82) is 0 Å². The zero-order valence-corrected chi connectivity index (χ0v) is 14.1. The Hall–Kier alpha value is -3.16. The summed E-state index contributed by atoms with van der Waals surface area (Å²) in [5.41, 5.74) is -0.140. The largest absolute Gasteiger partial charge is 0.347 e. The fraction of sp³-hybridized carbons (Fsp3) is 0.333. The van der Waals surface area contributed by atoms with Gasteiger partial charge in [-0.2, -0.15) is 0 Å². The molecule has 136 valence electrons. The molecule has 0 saturated heterocycles. The molecule has 8 heteroatoms. The molecule has 2 amide bonds. The van der Waals surface area contributed by atoms with E-state index in [0.29, 0.717) is 0 Å². The smallest absolute Gasteiger partial charge is 0.251 e. The van der Waals surface area contributed by atoms with Crippen molar-refractivity contribution >= 4 is 11.8 Å². The number of amides is 2. The first kappa shape index (κ1) is 17.7. The third-order valence-electron chi connectivity index (χ3n) is 4.47. The van der Waals surface area contributed by atoms with Gasteiger partial charge in [-0.15, -0.1) is 0 Å². The highest BCUT2D eigenvalue weighted by molar-refractivity contribution is 5.95. The number of pyridine rings is 2. The van der Waals surface area contributed by atoms with Gasteiger partial charge in [-0.05, 0) is 25.0 Å². The average molecular weight is 356 g/mol. The van der Waals surface area contributed by atoms with Crippen molar-refractivity contribution < 1.29 is 9.59 Å². The van der Waals surface area contributed by atoms with Crippen LogP contribution in [0.2, 0.25) is 0 Å². The Bertz CT molecular complexity index is 842. The number of aromatic amines is 2. The molecule has 26 heavy (non-hydrogen) atoms. The normalized spacial score (nSPS) is 19.5. The minimum atomic E-state index is -0.349. The van der Waals surface area contributed by atoms with Gasteiger partial charge in [0.15, 0.2) is 0 Å². The molecule has 2 aromatic rings. The summed E-state index contributed by atoms with van der Waals surface area (Å²) < 4.78 is 0. The first-order chi connectivity index (χ1) is 12.5. The molecule has 3 rings (SSSR count). The first-order valence-corrected chi connectivity index (χ1v) is 8.52. The van der Waals surface area contributed by atoms with Crippen LogP contribution in [0.15, 0.2) is 46.2 Å². The second-order valence-electron chi connectivity index (χ2n) is 6.33. The standard InChI is InChI=1S/C18H20N4O4/c23-15-9-11(5-7-19-15)17(25)21-13-3-1-2-4-14(13)22-18(26)12-6-8-20-16(24)10-12/h5-10,13-14H,1-4H2,(H,19,23)(H,20,24)(H,21,25)(H,22,26)/t13-,14-/m0/s1. The van der Waals surface area contributed by atoms with Gasteiger partial charge >= 0.3 is 0 Å². The molecule has 1 saturated carbocycles. The molecule has 1 fully saturated rings. The number of carbonyl (C=O) groups excluding carboxylic acids is 2. The number of hydrogen-bond donors (Lipinski definition) is 4. The zero-order valence-electron chi connectivity index (χ0n) is 14.1. The van der Waals surface area contributed by atoms with Crippen molar-refractivity contribution in [3.63, 3.8) is 0 Å². The van der Waals surface area contributed by atoms with E-state index in [-0.39, 0.29) is 46.1 Å². The van der Waals surface area contributed by atoms with Gasteiger partial charge in [-0.3, -0.25) is 19.2 Å². The first-order valence-electron chi connectivity index (χ1n) is 8.52. The maximum absolute atomic E-state index is 12.4. The van der Waals surface area contributed by atoms with Crippen molar-refractivity contribution in [3.05, 3.63) is 68.5 Å². The lowest BCUT2D eigenvalue weighted by atomic mass is 9.89. The molecule has 1 aliphatic rings. The lowest BCUT2D eigenvalue weighted by molar-refractivity contribution is 0.0862. The summed E-state index contributed by atoms with van der Waals surface area (Å²) in [5, 5.41) is 5.81. The minimum absolute atomic E-state index is 0.235. The van der Waals surface area contributed by atoms with Crippen LogP contribution < -0.4 is 21.8 Å². The summed E-state index contributed by atoms with van der Waals surface area (Å²) in [7, 11) is 0. The second-order valence-corrected chi connectivity index (χ2v) is 6.33. The molecular weight excluding hydrogens is 336 g/mol. The third-order valence-corrected chi connectivity index (χ3v) is 4.47. The number of rotatable bonds is 4. The van der Waals surface area contributed by atoms with E-state index < -0.39 is 0 Å². The van der Waals surface area contributed by atoms with Gasteiger partial charge in [0.1, 0.15) is 0 Å². The Balaban J connectivity index is 1.69. The van der Waals surface area contributed by atoms with E-state index in [1.807, 2.05) is 0 Å². The summed E-state index contributed by atoms with van der Waals surface area (Å²) in [6, 6.07) is 5.07. The summed E-state index contributed by atoms with van der Waals surface area (Å²) in [6.45, 7) is 0. The fourth-order valence-corrected chi connectivity index (χ4v) is 3.15. The molecule has 0 bridgehead atoms. The van der Waals surface area contributed by atoms with Crippen molar-refractivity contribution in [2.75, 3.05) is 0 Å². The van der Waals surface area contributed by atoms with Gasteiger partial charge in [0, 0.05) is 47.7 Å². The molecule has 0 unspecified atom stereocenters. The van der Waals surface area contributed by atoms with Crippen LogP contribution in [-0.2, 0) is 0 Å². The maximum atomic E-state index is 12.4. The Kier molecular flexibility index (Phi) is 5.31. The van der Waals surface area contributed by atoms with E-state index in [0.717, 1.165) is 25.7 Å². The topological polar surface area (TPSA) is 124 Å². The molecular formula is C18H20N4O4. The molecule has 0 aromatic carbocycles. The van der Waals surface area contributed by atoms with Gasteiger partial charge in [0.05, 0.1) is 0 Å². The molecule has 0 radical (unpaired) electrons. The van der Waals surface area contributed by atoms with Gasteiger partial charge < -0.3 is 20.6 Å². The molecule has 2 atom stereocenters. The van der Waals surface area contributed by atoms with Crippen molar-refractivity contribution in [2.45, 2.75) is 37.8 Å². The van der Waals surface area contributed by atoms with Crippen LogP contribution in [0.3, 0.4) is 0 Å². The van der Waals surface area contributed by atoms with Crippen molar-refractivity contribution in [3.8, 4) is 0 Å². The Morgan fingerprint density at radius 2 is 1.23 bits per heavy atom. The molecule has 8 nitrogen and oxygen atoms in total. The predicted molar refractivity (Wildman–Crippen MR) is 95.1 cm³/mol. The summed E-state index contributed by atoms with van der Waals surface area (Å²) in [5.74, 6) is -0.697. The summed E-state index contributed by atoms with van der Waals surface area (Å²) in [6.07, 6.45) is 6.19. The Morgan fingerprint density at radius 1 is 0.808 bits per heavy atom. The van der Waals surface area contributed by atoms with Crippen LogP contribution in [0.4, 0.5) is 0 Å². The molecule has 4 N–H and O–H groups in total. The average Bonchev–Trinajstić information content (AvgIpc) is 2.63. The van der Waals surface area contributed by atoms with Crippen LogP contribution in [0.25, 0.3) is 0 Å². The maximum Gasteiger partial charge on any atom is 0.251 e.